The van der Waals surface area contributed by atoms with E-state index in [4.69, 9.17) is 4.74 Å². The van der Waals surface area contributed by atoms with Gasteiger partial charge < -0.3 is 10.1 Å². The molecule has 3 rings (SSSR count). The number of benzene rings is 2. The highest BCUT2D eigenvalue weighted by atomic mass is 79.9. The summed E-state index contributed by atoms with van der Waals surface area (Å²) in [5.41, 5.74) is 1.92. The molecule has 1 N–H and O–H groups in total. The number of halogens is 1. The second kappa shape index (κ2) is 9.35. The molecule has 0 saturated carbocycles. The summed E-state index contributed by atoms with van der Waals surface area (Å²) in [7, 11) is 0. The van der Waals surface area contributed by atoms with Gasteiger partial charge in [-0.15, -0.1) is 5.10 Å². The van der Waals surface area contributed by atoms with E-state index >= 15 is 0 Å². The Morgan fingerprint density at radius 1 is 1.23 bits per heavy atom. The van der Waals surface area contributed by atoms with Crippen molar-refractivity contribution in [1.29, 1.82) is 0 Å². The summed E-state index contributed by atoms with van der Waals surface area (Å²) in [6.45, 7) is 0.442. The molecule has 0 radical (unpaired) electrons. The van der Waals surface area contributed by atoms with Crippen LogP contribution in [0.15, 0.2) is 69.3 Å². The van der Waals surface area contributed by atoms with Gasteiger partial charge in [0.15, 0.2) is 5.17 Å². The highest BCUT2D eigenvalue weighted by Gasteiger charge is 2.15. The zero-order valence-electron chi connectivity index (χ0n) is 13.8. The van der Waals surface area contributed by atoms with Crippen LogP contribution < -0.4 is 10.1 Å². The van der Waals surface area contributed by atoms with Crippen molar-refractivity contribution in [3.05, 3.63) is 70.2 Å². The van der Waals surface area contributed by atoms with Gasteiger partial charge in [-0.05, 0) is 29.8 Å². The second-order valence-electron chi connectivity index (χ2n) is 5.29. The number of amidine groups is 1. The van der Waals surface area contributed by atoms with Crippen molar-refractivity contribution in [2.45, 2.75) is 0 Å². The molecule has 0 aliphatic carbocycles. The molecular weight excluding hydrogens is 414 g/mol. The minimum absolute atomic E-state index is 0.0550. The number of carbonyl (C=O) groups excluding carboxylic acids is 1. The van der Waals surface area contributed by atoms with E-state index in [1.54, 1.807) is 6.21 Å². The fourth-order valence-electron chi connectivity index (χ4n) is 2.16. The summed E-state index contributed by atoms with van der Waals surface area (Å²) >= 11 is 4.78. The number of ether oxygens (including phenoxy) is 1. The molecule has 1 heterocycles. The average molecular weight is 430 g/mol. The Hall–Kier alpha value is -2.38. The lowest BCUT2D eigenvalue weighted by atomic mass is 10.2. The molecule has 0 aromatic heterocycles. The molecule has 0 bridgehead atoms. The van der Waals surface area contributed by atoms with E-state index in [0.29, 0.717) is 23.3 Å². The summed E-state index contributed by atoms with van der Waals surface area (Å²) < 4.78 is 6.75. The summed E-state index contributed by atoms with van der Waals surface area (Å²) in [6.07, 6.45) is 5.58. The fourth-order valence-corrected chi connectivity index (χ4v) is 3.17. The molecule has 1 fully saturated rings. The van der Waals surface area contributed by atoms with E-state index in [1.807, 2.05) is 60.7 Å². The summed E-state index contributed by atoms with van der Waals surface area (Å²) in [4.78, 5) is 11.1. The molecule has 1 saturated heterocycles. The lowest BCUT2D eigenvalue weighted by Gasteiger charge is -2.07. The summed E-state index contributed by atoms with van der Waals surface area (Å²) in [5.74, 6) is 1.03. The van der Waals surface area contributed by atoms with Gasteiger partial charge in [-0.25, -0.2) is 0 Å². The number of carbonyl (C=O) groups is 1. The molecule has 1 aliphatic heterocycles. The third-order valence-corrected chi connectivity index (χ3v) is 4.71. The number of thioether (sulfide) groups is 1. The number of hydrogen-bond donors (Lipinski definition) is 1. The molecule has 2 aromatic carbocycles. The van der Waals surface area contributed by atoms with E-state index < -0.39 is 0 Å². The lowest BCUT2D eigenvalue weighted by molar-refractivity contribution is -0.116. The highest BCUT2D eigenvalue weighted by molar-refractivity contribution is 9.10. The molecule has 1 aliphatic rings. The second-order valence-corrected chi connectivity index (χ2v) is 7.17. The average Bonchev–Trinajstić information content (AvgIpc) is 3.06. The van der Waals surface area contributed by atoms with Crippen LogP contribution in [0, 0.1) is 0 Å². The molecule has 0 unspecified atom stereocenters. The maximum absolute atomic E-state index is 11.1. The van der Waals surface area contributed by atoms with E-state index in [9.17, 15) is 4.79 Å². The van der Waals surface area contributed by atoms with E-state index in [-0.39, 0.29) is 5.91 Å². The molecule has 0 spiro atoms. The number of hydrogen-bond acceptors (Lipinski definition) is 5. The first kappa shape index (κ1) is 18.4. The van der Waals surface area contributed by atoms with Crippen LogP contribution in [-0.4, -0.2) is 29.6 Å². The van der Waals surface area contributed by atoms with Gasteiger partial charge in [0.25, 0.3) is 0 Å². The predicted molar refractivity (Wildman–Crippen MR) is 111 cm³/mol. The molecule has 132 valence electrons. The predicted octanol–water partition coefficient (Wildman–Crippen LogP) is 4.09. The van der Waals surface area contributed by atoms with Crippen molar-refractivity contribution < 1.29 is 9.53 Å². The van der Waals surface area contributed by atoms with E-state index in [0.717, 1.165) is 15.6 Å². The molecule has 5 nitrogen and oxygen atoms in total. The van der Waals surface area contributed by atoms with Gasteiger partial charge in [0, 0.05) is 10.0 Å². The van der Waals surface area contributed by atoms with Crippen molar-refractivity contribution in [2.75, 3.05) is 12.4 Å². The Balaban J connectivity index is 1.64. The van der Waals surface area contributed by atoms with E-state index in [1.165, 1.54) is 11.8 Å². The standard InChI is InChI=1S/C19H16BrN3O2S/c20-16-8-9-17(25-10-4-7-14-5-2-1-3-6-14)15(11-16)12-21-23-19-22-18(24)13-26-19/h1-9,11-12H,10,13H2,(H,22,23,24). The molecule has 1 amide bonds. The number of amides is 1. The molecule has 0 atom stereocenters. The van der Waals surface area contributed by atoms with Gasteiger partial charge in [-0.1, -0.05) is 64.1 Å². The fraction of sp³-hybridized carbons (Fsp3) is 0.105. The zero-order chi connectivity index (χ0) is 18.2. The molecule has 2 aromatic rings. The van der Waals surface area contributed by atoms with Crippen LogP contribution in [0.4, 0.5) is 0 Å². The minimum Gasteiger partial charge on any atom is -0.489 e. The van der Waals surface area contributed by atoms with Crippen LogP contribution in [0.5, 0.6) is 5.75 Å². The van der Waals surface area contributed by atoms with Crippen LogP contribution in [0.1, 0.15) is 11.1 Å². The van der Waals surface area contributed by atoms with Gasteiger partial charge in [-0.3, -0.25) is 4.79 Å². The number of nitrogens with one attached hydrogen (secondary N) is 1. The Bertz CT molecular complexity index is 866. The SMILES string of the molecule is O=C1CSC(=NN=Cc2cc(Br)ccc2OCC=Cc2ccccc2)N1. The number of rotatable bonds is 6. The molecule has 7 heteroatoms. The normalized spacial score (nSPS) is 15.9. The van der Waals surface area contributed by atoms with Crippen LogP contribution in [0.2, 0.25) is 0 Å². The maximum Gasteiger partial charge on any atom is 0.236 e. The Kier molecular flexibility index (Phi) is 6.62. The minimum atomic E-state index is -0.0550. The van der Waals surface area contributed by atoms with Gasteiger partial charge in [0.05, 0.1) is 12.0 Å². The van der Waals surface area contributed by atoms with E-state index in [2.05, 4.69) is 31.4 Å². The number of nitrogens with zero attached hydrogens (tertiary/aromatic N) is 2. The molecule has 26 heavy (non-hydrogen) atoms. The van der Waals surface area contributed by atoms with Crippen LogP contribution in [-0.2, 0) is 4.79 Å². The van der Waals surface area contributed by atoms with Crippen LogP contribution >= 0.6 is 27.7 Å². The first-order chi connectivity index (χ1) is 12.7. The van der Waals surface area contributed by atoms with Crippen LogP contribution in [0.25, 0.3) is 6.08 Å². The van der Waals surface area contributed by atoms with Gasteiger partial charge in [0.2, 0.25) is 5.91 Å². The molecular formula is C19H16BrN3O2S. The first-order valence-corrected chi connectivity index (χ1v) is 9.66. The quantitative estimate of drug-likeness (QED) is 0.555. The van der Waals surface area contributed by atoms with Crippen molar-refractivity contribution in [3.63, 3.8) is 0 Å². The Morgan fingerprint density at radius 3 is 2.85 bits per heavy atom. The third-order valence-electron chi connectivity index (χ3n) is 3.35. The zero-order valence-corrected chi connectivity index (χ0v) is 16.2. The monoisotopic (exact) mass is 429 g/mol. The highest BCUT2D eigenvalue weighted by Crippen LogP contribution is 2.22. The van der Waals surface area contributed by atoms with Crippen molar-refractivity contribution >= 4 is 51.1 Å². The van der Waals surface area contributed by atoms with Gasteiger partial charge in [0.1, 0.15) is 12.4 Å². The van der Waals surface area contributed by atoms with Crippen molar-refractivity contribution in [3.8, 4) is 5.75 Å². The third kappa shape index (κ3) is 5.57. The first-order valence-electron chi connectivity index (χ1n) is 7.88. The van der Waals surface area contributed by atoms with Crippen molar-refractivity contribution in [1.82, 2.24) is 5.32 Å². The van der Waals surface area contributed by atoms with Crippen molar-refractivity contribution in [2.24, 2.45) is 10.2 Å². The Labute approximate surface area is 164 Å². The summed E-state index contributed by atoms with van der Waals surface area (Å²) in [6, 6.07) is 15.7. The summed E-state index contributed by atoms with van der Waals surface area (Å²) in [5, 5.41) is 11.2. The topological polar surface area (TPSA) is 63.0 Å². The smallest absolute Gasteiger partial charge is 0.236 e. The maximum atomic E-state index is 11.1. The van der Waals surface area contributed by atoms with Gasteiger partial charge >= 0.3 is 0 Å². The Morgan fingerprint density at radius 2 is 2.08 bits per heavy atom. The lowest BCUT2D eigenvalue weighted by Crippen LogP contribution is -2.19. The largest absolute Gasteiger partial charge is 0.489 e. The van der Waals surface area contributed by atoms with Gasteiger partial charge in [-0.2, -0.15) is 5.10 Å². The van der Waals surface area contributed by atoms with Crippen LogP contribution in [0.3, 0.4) is 0 Å².